The first-order chi connectivity index (χ1) is 16.6. The van der Waals surface area contributed by atoms with Crippen molar-refractivity contribution in [3.63, 3.8) is 0 Å². The Kier molecular flexibility index (Phi) is 8.13. The number of aliphatic imine (C=N–C) groups is 1. The van der Waals surface area contributed by atoms with Crippen molar-refractivity contribution in [3.8, 4) is 5.75 Å². The van der Waals surface area contributed by atoms with Crippen molar-refractivity contribution in [1.29, 1.82) is 0 Å². The van der Waals surface area contributed by atoms with Gasteiger partial charge in [0.2, 0.25) is 0 Å². The number of amidine groups is 1. The largest absolute Gasteiger partial charge is 0.489 e. The van der Waals surface area contributed by atoms with E-state index in [1.54, 1.807) is 24.5 Å². The van der Waals surface area contributed by atoms with Crippen LogP contribution in [-0.4, -0.2) is 16.7 Å². The standard InChI is InChI=1S/C24H19F5N4O2/c25-19-4-1-5-20(26)22(19)23(34)33-21(30)8-10-32-13-16-6-7-17(11-18(16)24(27,28)29)35-14-15-3-2-9-31-12-15/h1-12,32H,13-14H2,(H2,30,33,34)/b10-8-. The van der Waals surface area contributed by atoms with Crippen molar-refractivity contribution in [2.75, 3.05) is 0 Å². The van der Waals surface area contributed by atoms with Crippen LogP contribution in [-0.2, 0) is 19.3 Å². The molecule has 0 aliphatic carbocycles. The summed E-state index contributed by atoms with van der Waals surface area (Å²) < 4.78 is 73.4. The molecule has 0 spiro atoms. The van der Waals surface area contributed by atoms with Gasteiger partial charge in [-0.05, 0) is 42.0 Å². The minimum atomic E-state index is -4.63. The third-order valence-corrected chi connectivity index (χ3v) is 4.59. The second kappa shape index (κ2) is 11.2. The number of carbonyl (C=O) groups excluding carboxylic acids is 1. The van der Waals surface area contributed by atoms with Crippen LogP contribution in [0.25, 0.3) is 0 Å². The molecule has 0 atom stereocenters. The van der Waals surface area contributed by atoms with Gasteiger partial charge in [0, 0.05) is 30.7 Å². The highest BCUT2D eigenvalue weighted by atomic mass is 19.4. The van der Waals surface area contributed by atoms with Crippen LogP contribution in [0.15, 0.2) is 78.2 Å². The number of nitrogens with one attached hydrogen (secondary N) is 1. The molecule has 0 radical (unpaired) electrons. The van der Waals surface area contributed by atoms with E-state index in [0.717, 1.165) is 36.5 Å². The van der Waals surface area contributed by atoms with Gasteiger partial charge in [-0.3, -0.25) is 9.78 Å². The molecule has 0 aliphatic rings. The van der Waals surface area contributed by atoms with Crippen LogP contribution in [0.3, 0.4) is 0 Å². The van der Waals surface area contributed by atoms with E-state index in [0.29, 0.717) is 5.56 Å². The molecule has 0 saturated heterocycles. The van der Waals surface area contributed by atoms with Crippen LogP contribution in [0.2, 0.25) is 0 Å². The maximum absolute atomic E-state index is 13.6. The zero-order chi connectivity index (χ0) is 25.4. The number of benzene rings is 2. The lowest BCUT2D eigenvalue weighted by Gasteiger charge is -2.15. The van der Waals surface area contributed by atoms with Crippen molar-refractivity contribution in [3.05, 3.63) is 107 Å². The molecule has 35 heavy (non-hydrogen) atoms. The summed E-state index contributed by atoms with van der Waals surface area (Å²) in [4.78, 5) is 19.2. The number of nitrogens with zero attached hydrogens (tertiary/aromatic N) is 2. The van der Waals surface area contributed by atoms with Crippen molar-refractivity contribution in [1.82, 2.24) is 10.3 Å². The lowest BCUT2D eigenvalue weighted by Crippen LogP contribution is -2.16. The number of carbonyl (C=O) groups is 1. The molecule has 1 heterocycles. The van der Waals surface area contributed by atoms with E-state index in [1.165, 1.54) is 12.1 Å². The molecule has 0 fully saturated rings. The molecule has 6 nitrogen and oxygen atoms in total. The molecule has 1 amide bonds. The van der Waals surface area contributed by atoms with Gasteiger partial charge in [-0.25, -0.2) is 8.78 Å². The Hall–Kier alpha value is -4.28. The fraction of sp³-hybridized carbons (Fsp3) is 0.125. The summed E-state index contributed by atoms with van der Waals surface area (Å²) >= 11 is 0. The van der Waals surface area contributed by atoms with E-state index in [9.17, 15) is 26.7 Å². The number of pyridine rings is 1. The van der Waals surface area contributed by atoms with E-state index in [1.807, 2.05) is 0 Å². The SMILES string of the molecule is NC(/C=C\NCc1ccc(OCc2cccnc2)cc1C(F)(F)F)=NC(=O)c1c(F)cccc1F. The van der Waals surface area contributed by atoms with Crippen LogP contribution in [0.1, 0.15) is 27.0 Å². The van der Waals surface area contributed by atoms with Gasteiger partial charge in [0.25, 0.3) is 5.91 Å². The number of rotatable bonds is 8. The Morgan fingerprint density at radius 3 is 2.51 bits per heavy atom. The van der Waals surface area contributed by atoms with Crippen molar-refractivity contribution in [2.24, 2.45) is 10.7 Å². The van der Waals surface area contributed by atoms with Gasteiger partial charge < -0.3 is 15.8 Å². The predicted octanol–water partition coefficient (Wildman–Crippen LogP) is 4.76. The number of hydrogen-bond donors (Lipinski definition) is 2. The monoisotopic (exact) mass is 490 g/mol. The Morgan fingerprint density at radius 1 is 1.11 bits per heavy atom. The lowest BCUT2D eigenvalue weighted by molar-refractivity contribution is -0.138. The summed E-state index contributed by atoms with van der Waals surface area (Å²) in [5, 5.41) is 2.61. The molecule has 2 aromatic carbocycles. The molecule has 0 aliphatic heterocycles. The summed E-state index contributed by atoms with van der Waals surface area (Å²) in [6.45, 7) is -0.184. The molecule has 3 rings (SSSR count). The molecule has 182 valence electrons. The van der Waals surface area contributed by atoms with Crippen LogP contribution in [0.5, 0.6) is 5.75 Å². The molecule has 0 saturated carbocycles. The lowest BCUT2D eigenvalue weighted by atomic mass is 10.1. The first kappa shape index (κ1) is 25.3. The van der Waals surface area contributed by atoms with Gasteiger partial charge in [0.05, 0.1) is 5.56 Å². The second-order valence-electron chi connectivity index (χ2n) is 7.12. The maximum atomic E-state index is 13.6. The Balaban J connectivity index is 1.65. The smallest absolute Gasteiger partial charge is 0.416 e. The summed E-state index contributed by atoms with van der Waals surface area (Å²) in [5.41, 5.74) is 4.42. The van der Waals surface area contributed by atoms with Gasteiger partial charge >= 0.3 is 6.18 Å². The number of amides is 1. The van der Waals surface area contributed by atoms with E-state index < -0.39 is 40.7 Å². The minimum Gasteiger partial charge on any atom is -0.489 e. The van der Waals surface area contributed by atoms with Crippen LogP contribution in [0.4, 0.5) is 22.0 Å². The first-order valence-corrected chi connectivity index (χ1v) is 10.1. The summed E-state index contributed by atoms with van der Waals surface area (Å²) in [6.07, 6.45) is 0.726. The first-order valence-electron chi connectivity index (χ1n) is 10.1. The van der Waals surface area contributed by atoms with Gasteiger partial charge in [0.1, 0.15) is 35.4 Å². The number of nitrogens with two attached hydrogens (primary N) is 1. The Labute approximate surface area is 197 Å². The highest BCUT2D eigenvalue weighted by Crippen LogP contribution is 2.34. The molecule has 3 aromatic rings. The topological polar surface area (TPSA) is 89.6 Å². The van der Waals surface area contributed by atoms with E-state index in [4.69, 9.17) is 10.5 Å². The normalized spacial score (nSPS) is 12.1. The number of ether oxygens (including phenoxy) is 1. The number of aromatic nitrogens is 1. The average Bonchev–Trinajstić information content (AvgIpc) is 2.81. The Morgan fingerprint density at radius 2 is 1.86 bits per heavy atom. The minimum absolute atomic E-state index is 0.0377. The van der Waals surface area contributed by atoms with Crippen LogP contribution >= 0.6 is 0 Å². The fourth-order valence-electron chi connectivity index (χ4n) is 2.94. The molecule has 3 N–H and O–H groups in total. The van der Waals surface area contributed by atoms with Crippen molar-refractivity contribution in [2.45, 2.75) is 19.3 Å². The summed E-state index contributed by atoms with van der Waals surface area (Å²) in [6, 6.07) is 9.88. The van der Waals surface area contributed by atoms with Gasteiger partial charge in [0.15, 0.2) is 0 Å². The summed E-state index contributed by atoms with van der Waals surface area (Å²) in [7, 11) is 0. The number of alkyl halides is 3. The van der Waals surface area contributed by atoms with Gasteiger partial charge in [-0.1, -0.05) is 18.2 Å². The van der Waals surface area contributed by atoms with Crippen LogP contribution < -0.4 is 15.8 Å². The van der Waals surface area contributed by atoms with Gasteiger partial charge in [-0.2, -0.15) is 18.2 Å². The molecular weight excluding hydrogens is 471 g/mol. The number of hydrogen-bond acceptors (Lipinski definition) is 4. The fourth-order valence-corrected chi connectivity index (χ4v) is 2.94. The molecular formula is C24H19F5N4O2. The van der Waals surface area contributed by atoms with Crippen LogP contribution in [0, 0.1) is 11.6 Å². The Bertz CT molecular complexity index is 1220. The van der Waals surface area contributed by atoms with Crippen molar-refractivity contribution < 1.29 is 31.5 Å². The molecule has 0 bridgehead atoms. The third-order valence-electron chi connectivity index (χ3n) is 4.59. The molecule has 0 unspecified atom stereocenters. The predicted molar refractivity (Wildman–Crippen MR) is 118 cm³/mol. The zero-order valence-electron chi connectivity index (χ0n) is 18.0. The maximum Gasteiger partial charge on any atom is 0.416 e. The highest BCUT2D eigenvalue weighted by Gasteiger charge is 2.33. The highest BCUT2D eigenvalue weighted by molar-refractivity contribution is 6.06. The van der Waals surface area contributed by atoms with E-state index in [-0.39, 0.29) is 24.5 Å². The third kappa shape index (κ3) is 7.10. The zero-order valence-corrected chi connectivity index (χ0v) is 18.0. The van der Waals surface area contributed by atoms with E-state index >= 15 is 0 Å². The quantitative estimate of drug-likeness (QED) is 0.270. The molecule has 1 aromatic heterocycles. The summed E-state index contributed by atoms with van der Waals surface area (Å²) in [5.74, 6) is -3.79. The second-order valence-corrected chi connectivity index (χ2v) is 7.12. The van der Waals surface area contributed by atoms with Crippen molar-refractivity contribution >= 4 is 11.7 Å². The average molecular weight is 490 g/mol. The van der Waals surface area contributed by atoms with E-state index in [2.05, 4.69) is 15.3 Å². The van der Waals surface area contributed by atoms with Gasteiger partial charge in [-0.15, -0.1) is 0 Å². The molecule has 11 heteroatoms. The number of halogens is 5.